The van der Waals surface area contributed by atoms with Crippen molar-refractivity contribution in [2.24, 2.45) is 5.73 Å². The van der Waals surface area contributed by atoms with E-state index in [9.17, 15) is 22.8 Å². The van der Waals surface area contributed by atoms with Crippen molar-refractivity contribution in [2.75, 3.05) is 7.11 Å². The first kappa shape index (κ1) is 23.5. The van der Waals surface area contributed by atoms with E-state index in [1.807, 2.05) is 0 Å². The van der Waals surface area contributed by atoms with Gasteiger partial charge in [-0.3, -0.25) is 4.79 Å². The van der Waals surface area contributed by atoms with Crippen LogP contribution in [0, 0.1) is 0 Å². The second kappa shape index (κ2) is 8.92. The number of fused-ring (bicyclic) bond motifs is 1. The van der Waals surface area contributed by atoms with Gasteiger partial charge in [0.2, 0.25) is 0 Å². The first-order valence-corrected chi connectivity index (χ1v) is 10.3. The maximum Gasteiger partial charge on any atom is 0.417 e. The molecule has 0 aliphatic carbocycles. The van der Waals surface area contributed by atoms with Crippen molar-refractivity contribution in [3.05, 3.63) is 87.9 Å². The zero-order valence-electron chi connectivity index (χ0n) is 17.7. The maximum atomic E-state index is 13.6. The number of hydrogen-bond donors (Lipinski definition) is 1. The maximum absolute atomic E-state index is 13.6. The number of esters is 1. The molecule has 0 atom stereocenters. The third-order valence-corrected chi connectivity index (χ3v) is 5.60. The van der Waals surface area contributed by atoms with Gasteiger partial charge in [0.25, 0.3) is 5.91 Å². The molecule has 4 rings (SSSR count). The molecular formula is C24H17ClF3N3O3. The lowest BCUT2D eigenvalue weighted by Crippen LogP contribution is -2.20. The highest BCUT2D eigenvalue weighted by atomic mass is 35.5. The summed E-state index contributed by atoms with van der Waals surface area (Å²) in [4.78, 5) is 25.1. The van der Waals surface area contributed by atoms with Crippen LogP contribution in [0.2, 0.25) is 5.02 Å². The molecule has 0 fully saturated rings. The third kappa shape index (κ3) is 4.15. The Morgan fingerprint density at radius 3 is 2.41 bits per heavy atom. The Labute approximate surface area is 196 Å². The predicted molar refractivity (Wildman–Crippen MR) is 121 cm³/mol. The topological polar surface area (TPSA) is 87.2 Å². The van der Waals surface area contributed by atoms with Crippen LogP contribution in [0.5, 0.6) is 0 Å². The van der Waals surface area contributed by atoms with Gasteiger partial charge in [-0.15, -0.1) is 0 Å². The SMILES string of the molecule is COC(=O)c1ccc(-c2nn(C(=O)c3c(Cl)cccc3C(F)(F)F)c3cc(CN)ccc23)cc1. The summed E-state index contributed by atoms with van der Waals surface area (Å²) < 4.78 is 46.5. The highest BCUT2D eigenvalue weighted by Crippen LogP contribution is 2.37. The molecule has 6 nitrogen and oxygen atoms in total. The normalized spacial score (nSPS) is 11.6. The van der Waals surface area contributed by atoms with Crippen LogP contribution in [0.3, 0.4) is 0 Å². The number of ether oxygens (including phenoxy) is 1. The zero-order valence-corrected chi connectivity index (χ0v) is 18.4. The van der Waals surface area contributed by atoms with Crippen LogP contribution < -0.4 is 5.73 Å². The summed E-state index contributed by atoms with van der Waals surface area (Å²) in [7, 11) is 1.26. The minimum absolute atomic E-state index is 0.151. The Morgan fingerprint density at radius 2 is 1.79 bits per heavy atom. The van der Waals surface area contributed by atoms with Crippen LogP contribution in [0.25, 0.3) is 22.2 Å². The number of nitrogens with two attached hydrogens (primary N) is 1. The fourth-order valence-electron chi connectivity index (χ4n) is 3.62. The number of hydrogen-bond acceptors (Lipinski definition) is 5. The van der Waals surface area contributed by atoms with E-state index in [-0.39, 0.29) is 17.1 Å². The largest absolute Gasteiger partial charge is 0.465 e. The van der Waals surface area contributed by atoms with E-state index in [1.165, 1.54) is 25.3 Å². The van der Waals surface area contributed by atoms with Gasteiger partial charge >= 0.3 is 12.1 Å². The number of alkyl halides is 3. The molecule has 0 aliphatic rings. The van der Waals surface area contributed by atoms with E-state index >= 15 is 0 Å². The molecule has 0 unspecified atom stereocenters. The number of methoxy groups -OCH3 is 1. The Kier molecular flexibility index (Phi) is 6.16. The first-order chi connectivity index (χ1) is 16.2. The summed E-state index contributed by atoms with van der Waals surface area (Å²) in [6.45, 7) is 0.151. The summed E-state index contributed by atoms with van der Waals surface area (Å²) in [6.07, 6.45) is -4.80. The van der Waals surface area contributed by atoms with E-state index in [0.29, 0.717) is 27.8 Å². The molecule has 0 radical (unpaired) electrons. The molecular weight excluding hydrogens is 471 g/mol. The molecule has 174 valence electrons. The van der Waals surface area contributed by atoms with Crippen LogP contribution in [0.1, 0.15) is 31.8 Å². The number of nitrogens with zero attached hydrogens (tertiary/aromatic N) is 2. The molecule has 0 spiro atoms. The van der Waals surface area contributed by atoms with Crippen LogP contribution in [-0.2, 0) is 17.5 Å². The minimum Gasteiger partial charge on any atom is -0.465 e. The summed E-state index contributed by atoms with van der Waals surface area (Å²) in [5, 5.41) is 4.52. The number of carbonyl (C=O) groups is 2. The van der Waals surface area contributed by atoms with E-state index in [4.69, 9.17) is 22.1 Å². The van der Waals surface area contributed by atoms with Gasteiger partial charge < -0.3 is 10.5 Å². The van der Waals surface area contributed by atoms with Crippen molar-refractivity contribution in [3.8, 4) is 11.3 Å². The van der Waals surface area contributed by atoms with E-state index in [0.717, 1.165) is 16.8 Å². The van der Waals surface area contributed by atoms with E-state index < -0.39 is 29.2 Å². The number of rotatable bonds is 4. The molecule has 0 aliphatic heterocycles. The molecule has 1 heterocycles. The van der Waals surface area contributed by atoms with Crippen LogP contribution >= 0.6 is 11.6 Å². The van der Waals surface area contributed by atoms with Crippen molar-refractivity contribution in [1.82, 2.24) is 9.78 Å². The lowest BCUT2D eigenvalue weighted by molar-refractivity contribution is -0.137. The van der Waals surface area contributed by atoms with Gasteiger partial charge in [-0.05, 0) is 35.9 Å². The molecule has 2 N–H and O–H groups in total. The van der Waals surface area contributed by atoms with Gasteiger partial charge in [0.15, 0.2) is 0 Å². The molecule has 0 amide bonds. The van der Waals surface area contributed by atoms with Gasteiger partial charge in [0.1, 0.15) is 5.69 Å². The van der Waals surface area contributed by atoms with Crippen molar-refractivity contribution >= 4 is 34.4 Å². The van der Waals surface area contributed by atoms with Crippen molar-refractivity contribution in [3.63, 3.8) is 0 Å². The van der Waals surface area contributed by atoms with Crippen molar-refractivity contribution in [1.29, 1.82) is 0 Å². The molecule has 1 aromatic heterocycles. The van der Waals surface area contributed by atoms with Gasteiger partial charge in [-0.25, -0.2) is 4.79 Å². The first-order valence-electron chi connectivity index (χ1n) is 9.96. The van der Waals surface area contributed by atoms with Crippen molar-refractivity contribution < 1.29 is 27.5 Å². The molecule has 0 bridgehead atoms. The molecule has 0 saturated heterocycles. The second-order valence-electron chi connectivity index (χ2n) is 7.35. The summed E-state index contributed by atoms with van der Waals surface area (Å²) in [5.74, 6) is -1.56. The average Bonchev–Trinajstić information content (AvgIpc) is 3.21. The fraction of sp³-hybridized carbons (Fsp3) is 0.125. The number of aromatic nitrogens is 2. The Balaban J connectivity index is 1.93. The highest BCUT2D eigenvalue weighted by molar-refractivity contribution is 6.34. The molecule has 4 aromatic rings. The lowest BCUT2D eigenvalue weighted by atomic mass is 10.0. The number of benzene rings is 3. The second-order valence-corrected chi connectivity index (χ2v) is 7.76. The molecule has 34 heavy (non-hydrogen) atoms. The van der Waals surface area contributed by atoms with Crippen molar-refractivity contribution in [2.45, 2.75) is 12.7 Å². The monoisotopic (exact) mass is 487 g/mol. The standard InChI is InChI=1S/C24H17ClF3N3O3/c1-34-23(33)15-8-6-14(7-9-15)21-16-10-5-13(12-29)11-19(16)31(30-21)22(32)20-17(24(26,27)28)3-2-4-18(20)25/h2-11H,12,29H2,1H3. The van der Waals surface area contributed by atoms with E-state index in [1.54, 1.807) is 30.3 Å². The summed E-state index contributed by atoms with van der Waals surface area (Å²) >= 11 is 6.05. The Morgan fingerprint density at radius 1 is 1.09 bits per heavy atom. The van der Waals surface area contributed by atoms with Crippen LogP contribution in [0.15, 0.2) is 60.7 Å². The number of halogens is 4. The smallest absolute Gasteiger partial charge is 0.417 e. The van der Waals surface area contributed by atoms with Gasteiger partial charge in [-0.1, -0.05) is 41.9 Å². The van der Waals surface area contributed by atoms with Gasteiger partial charge in [0.05, 0.1) is 34.3 Å². The lowest BCUT2D eigenvalue weighted by Gasteiger charge is -2.13. The minimum atomic E-state index is -4.80. The van der Waals surface area contributed by atoms with Crippen LogP contribution in [0.4, 0.5) is 13.2 Å². The summed E-state index contributed by atoms with van der Waals surface area (Å²) in [5.41, 5.74) is 5.98. The quantitative estimate of drug-likeness (QED) is 0.394. The number of carbonyl (C=O) groups excluding carboxylic acids is 2. The average molecular weight is 488 g/mol. The summed E-state index contributed by atoms with van der Waals surface area (Å²) in [6, 6.07) is 14.4. The predicted octanol–water partition coefficient (Wildman–Crippen LogP) is 5.31. The Hall–Kier alpha value is -3.69. The fourth-order valence-corrected chi connectivity index (χ4v) is 3.88. The highest BCUT2D eigenvalue weighted by Gasteiger charge is 2.37. The third-order valence-electron chi connectivity index (χ3n) is 5.29. The Bertz CT molecular complexity index is 1410. The van der Waals surface area contributed by atoms with Crippen LogP contribution in [-0.4, -0.2) is 28.8 Å². The molecule has 3 aromatic carbocycles. The van der Waals surface area contributed by atoms with E-state index in [2.05, 4.69) is 5.10 Å². The van der Waals surface area contributed by atoms with Gasteiger partial charge in [0, 0.05) is 17.5 Å². The zero-order chi connectivity index (χ0) is 24.6. The molecule has 10 heteroatoms. The molecule has 0 saturated carbocycles. The van der Waals surface area contributed by atoms with Gasteiger partial charge in [-0.2, -0.15) is 23.0 Å².